The molecule has 0 saturated heterocycles. The molecule has 0 unspecified atom stereocenters. The number of nitrogens with zero attached hydrogens (tertiary/aromatic N) is 3. The molecule has 1 heterocycles. The number of nitrogens with one attached hydrogen (secondary N) is 2. The van der Waals surface area contributed by atoms with Gasteiger partial charge in [-0.2, -0.15) is 9.97 Å². The van der Waals surface area contributed by atoms with Gasteiger partial charge in [-0.3, -0.25) is 10.1 Å². The second kappa shape index (κ2) is 6.79. The van der Waals surface area contributed by atoms with E-state index in [4.69, 9.17) is 5.73 Å². The van der Waals surface area contributed by atoms with Crippen LogP contribution in [0.25, 0.3) is 0 Å². The minimum Gasteiger partial charge on any atom is -0.378 e. The SMILES string of the molecule is Nc1nc(Nc2ccccc2)nc(Nc2ccccc2F)c1[N+](=O)[O-]. The number of nitrogen functional groups attached to an aromatic ring is 1. The van der Waals surface area contributed by atoms with Gasteiger partial charge in [-0.1, -0.05) is 30.3 Å². The van der Waals surface area contributed by atoms with Crippen molar-refractivity contribution in [2.45, 2.75) is 0 Å². The number of nitrogens with two attached hydrogens (primary N) is 1. The zero-order valence-corrected chi connectivity index (χ0v) is 12.8. The minimum absolute atomic E-state index is 0.0364. The maximum Gasteiger partial charge on any atom is 0.353 e. The van der Waals surface area contributed by atoms with E-state index in [1.54, 1.807) is 30.3 Å². The van der Waals surface area contributed by atoms with Crippen LogP contribution in [0.1, 0.15) is 0 Å². The Bertz CT molecular complexity index is 920. The van der Waals surface area contributed by atoms with Crippen molar-refractivity contribution >= 4 is 34.6 Å². The number of nitro groups is 1. The molecule has 1 aromatic heterocycles. The normalized spacial score (nSPS) is 10.3. The Hall–Kier alpha value is -3.75. The lowest BCUT2D eigenvalue weighted by Gasteiger charge is -2.11. The van der Waals surface area contributed by atoms with Crippen LogP contribution in [-0.2, 0) is 0 Å². The van der Waals surface area contributed by atoms with Crippen LogP contribution in [0, 0.1) is 15.9 Å². The average Bonchev–Trinajstić information content (AvgIpc) is 2.57. The predicted molar refractivity (Wildman–Crippen MR) is 92.5 cm³/mol. The number of para-hydroxylation sites is 2. The van der Waals surface area contributed by atoms with Crippen LogP contribution in [0.5, 0.6) is 0 Å². The van der Waals surface area contributed by atoms with Gasteiger partial charge < -0.3 is 16.4 Å². The maximum absolute atomic E-state index is 13.8. The third kappa shape index (κ3) is 3.61. The third-order valence-electron chi connectivity index (χ3n) is 3.25. The Labute approximate surface area is 141 Å². The monoisotopic (exact) mass is 340 g/mol. The fourth-order valence-corrected chi connectivity index (χ4v) is 2.14. The summed E-state index contributed by atoms with van der Waals surface area (Å²) in [7, 11) is 0. The summed E-state index contributed by atoms with van der Waals surface area (Å²) >= 11 is 0. The lowest BCUT2D eigenvalue weighted by Crippen LogP contribution is -2.09. The van der Waals surface area contributed by atoms with Gasteiger partial charge in [-0.15, -0.1) is 0 Å². The summed E-state index contributed by atoms with van der Waals surface area (Å²) in [6.45, 7) is 0. The molecule has 0 atom stereocenters. The van der Waals surface area contributed by atoms with Crippen molar-refractivity contribution in [3.05, 3.63) is 70.5 Å². The summed E-state index contributed by atoms with van der Waals surface area (Å²) in [4.78, 5) is 18.5. The van der Waals surface area contributed by atoms with E-state index in [1.807, 2.05) is 6.07 Å². The first-order valence-electron chi connectivity index (χ1n) is 7.20. The molecule has 0 aliphatic carbocycles. The van der Waals surface area contributed by atoms with E-state index in [1.165, 1.54) is 18.2 Å². The summed E-state index contributed by atoms with van der Waals surface area (Å²) in [6, 6.07) is 14.7. The molecule has 0 aliphatic rings. The van der Waals surface area contributed by atoms with E-state index in [0.29, 0.717) is 5.69 Å². The summed E-state index contributed by atoms with van der Waals surface area (Å²) in [5.74, 6) is -1.07. The number of halogens is 1. The van der Waals surface area contributed by atoms with Crippen LogP contribution in [0.4, 0.5) is 39.0 Å². The number of benzene rings is 2. The molecule has 0 aliphatic heterocycles. The first-order valence-corrected chi connectivity index (χ1v) is 7.20. The van der Waals surface area contributed by atoms with Crippen molar-refractivity contribution in [1.29, 1.82) is 0 Å². The Morgan fingerprint density at radius 3 is 2.36 bits per heavy atom. The predicted octanol–water partition coefficient (Wildman–Crippen LogP) is 3.59. The minimum atomic E-state index is -0.717. The molecule has 4 N–H and O–H groups in total. The van der Waals surface area contributed by atoms with E-state index in [0.717, 1.165) is 0 Å². The quantitative estimate of drug-likeness (QED) is 0.479. The van der Waals surface area contributed by atoms with Gasteiger partial charge in [0.1, 0.15) is 5.82 Å². The summed E-state index contributed by atoms with van der Waals surface area (Å²) in [5.41, 5.74) is 5.89. The van der Waals surface area contributed by atoms with Gasteiger partial charge in [-0.25, -0.2) is 4.39 Å². The Morgan fingerprint density at radius 1 is 1.00 bits per heavy atom. The molecule has 8 nitrogen and oxygen atoms in total. The summed E-state index contributed by atoms with van der Waals surface area (Å²) in [5, 5.41) is 16.8. The number of anilines is 5. The van der Waals surface area contributed by atoms with Gasteiger partial charge >= 0.3 is 5.69 Å². The molecule has 0 saturated carbocycles. The molecule has 3 aromatic rings. The number of rotatable bonds is 5. The van der Waals surface area contributed by atoms with Crippen LogP contribution in [0.3, 0.4) is 0 Å². The largest absolute Gasteiger partial charge is 0.378 e. The number of hydrogen-bond acceptors (Lipinski definition) is 7. The van der Waals surface area contributed by atoms with Crippen molar-refractivity contribution in [2.24, 2.45) is 0 Å². The standard InChI is InChI=1S/C16H13FN6O2/c17-11-8-4-5-9-12(11)20-15-13(23(24)25)14(18)21-16(22-15)19-10-6-2-1-3-7-10/h1-9H,(H4,18,19,20,21,22). The molecule has 0 bridgehead atoms. The zero-order valence-electron chi connectivity index (χ0n) is 12.8. The van der Waals surface area contributed by atoms with E-state index >= 15 is 0 Å². The molecule has 0 fully saturated rings. The molecule has 3 rings (SSSR count). The van der Waals surface area contributed by atoms with E-state index < -0.39 is 16.4 Å². The van der Waals surface area contributed by atoms with Crippen molar-refractivity contribution in [2.75, 3.05) is 16.4 Å². The summed E-state index contributed by atoms with van der Waals surface area (Å²) in [6.07, 6.45) is 0. The van der Waals surface area contributed by atoms with Crippen LogP contribution in [0.2, 0.25) is 0 Å². The lowest BCUT2D eigenvalue weighted by molar-refractivity contribution is -0.383. The van der Waals surface area contributed by atoms with Crippen LogP contribution in [-0.4, -0.2) is 14.9 Å². The number of hydrogen-bond donors (Lipinski definition) is 3. The van der Waals surface area contributed by atoms with Crippen molar-refractivity contribution in [1.82, 2.24) is 9.97 Å². The maximum atomic E-state index is 13.8. The molecular weight excluding hydrogens is 327 g/mol. The highest BCUT2D eigenvalue weighted by atomic mass is 19.1. The Morgan fingerprint density at radius 2 is 1.68 bits per heavy atom. The average molecular weight is 340 g/mol. The molecular formula is C16H13FN6O2. The van der Waals surface area contributed by atoms with Gasteiger partial charge in [0.05, 0.1) is 10.6 Å². The molecule has 2 aromatic carbocycles. The fraction of sp³-hybridized carbons (Fsp3) is 0. The second-order valence-corrected chi connectivity index (χ2v) is 4.98. The molecule has 0 spiro atoms. The summed E-state index contributed by atoms with van der Waals surface area (Å²) < 4.78 is 13.8. The van der Waals surface area contributed by atoms with Crippen molar-refractivity contribution in [3.63, 3.8) is 0 Å². The third-order valence-corrected chi connectivity index (χ3v) is 3.25. The first kappa shape index (κ1) is 16.1. The van der Waals surface area contributed by atoms with E-state index in [9.17, 15) is 14.5 Å². The van der Waals surface area contributed by atoms with E-state index in [-0.39, 0.29) is 23.3 Å². The highest BCUT2D eigenvalue weighted by molar-refractivity contribution is 5.75. The van der Waals surface area contributed by atoms with Gasteiger partial charge in [0, 0.05) is 5.69 Å². The molecule has 0 amide bonds. The van der Waals surface area contributed by atoms with Crippen LogP contribution in [0.15, 0.2) is 54.6 Å². The molecule has 126 valence electrons. The number of aromatic nitrogens is 2. The van der Waals surface area contributed by atoms with Crippen LogP contribution >= 0.6 is 0 Å². The Kier molecular flexibility index (Phi) is 4.38. The second-order valence-electron chi connectivity index (χ2n) is 4.98. The van der Waals surface area contributed by atoms with E-state index in [2.05, 4.69) is 20.6 Å². The molecule has 25 heavy (non-hydrogen) atoms. The van der Waals surface area contributed by atoms with Gasteiger partial charge in [0.15, 0.2) is 0 Å². The highest BCUT2D eigenvalue weighted by Crippen LogP contribution is 2.32. The Balaban J connectivity index is 2.02. The topological polar surface area (TPSA) is 119 Å². The molecule has 0 radical (unpaired) electrons. The van der Waals surface area contributed by atoms with Crippen molar-refractivity contribution < 1.29 is 9.31 Å². The van der Waals surface area contributed by atoms with Gasteiger partial charge in [0.25, 0.3) is 0 Å². The van der Waals surface area contributed by atoms with Crippen molar-refractivity contribution in [3.8, 4) is 0 Å². The highest BCUT2D eigenvalue weighted by Gasteiger charge is 2.24. The van der Waals surface area contributed by atoms with Gasteiger partial charge in [0.2, 0.25) is 17.6 Å². The smallest absolute Gasteiger partial charge is 0.353 e. The van der Waals surface area contributed by atoms with Crippen LogP contribution < -0.4 is 16.4 Å². The first-order chi connectivity index (χ1) is 12.0. The fourth-order valence-electron chi connectivity index (χ4n) is 2.14. The zero-order chi connectivity index (χ0) is 17.8. The lowest BCUT2D eigenvalue weighted by atomic mass is 10.3. The molecule has 9 heteroatoms. The van der Waals surface area contributed by atoms with Gasteiger partial charge in [-0.05, 0) is 24.3 Å².